The second-order valence-electron chi connectivity index (χ2n) is 5.92. The highest BCUT2D eigenvalue weighted by molar-refractivity contribution is 5.68. The Morgan fingerprint density at radius 1 is 1.13 bits per heavy atom. The predicted molar refractivity (Wildman–Crippen MR) is 88.3 cm³/mol. The molecule has 0 aromatic carbocycles. The molecule has 0 N–H and O–H groups in total. The van der Waals surface area contributed by atoms with Crippen molar-refractivity contribution in [2.45, 2.75) is 18.8 Å². The fraction of sp³-hybridized carbons (Fsp3) is 0.294. The van der Waals surface area contributed by atoms with E-state index in [1.807, 2.05) is 49.5 Å². The van der Waals surface area contributed by atoms with E-state index in [1.165, 1.54) is 18.4 Å². The van der Waals surface area contributed by atoms with Crippen molar-refractivity contribution in [3.63, 3.8) is 0 Å². The van der Waals surface area contributed by atoms with Gasteiger partial charge in [-0.05, 0) is 37.0 Å². The summed E-state index contributed by atoms with van der Waals surface area (Å²) in [6, 6.07) is 1.90. The molecule has 116 valence electrons. The Morgan fingerprint density at radius 2 is 2.00 bits per heavy atom. The van der Waals surface area contributed by atoms with Gasteiger partial charge in [-0.1, -0.05) is 0 Å². The van der Waals surface area contributed by atoms with Gasteiger partial charge in [0.15, 0.2) is 5.82 Å². The number of hydrogen-bond acceptors (Lipinski definition) is 4. The van der Waals surface area contributed by atoms with Crippen LogP contribution in [0.3, 0.4) is 0 Å². The fourth-order valence-corrected chi connectivity index (χ4v) is 2.70. The number of nitrogens with zero attached hydrogens (tertiary/aromatic N) is 6. The molecule has 0 saturated heterocycles. The largest absolute Gasteiger partial charge is 0.275 e. The molecule has 3 heterocycles. The van der Waals surface area contributed by atoms with Crippen molar-refractivity contribution >= 4 is 12.2 Å². The first-order valence-electron chi connectivity index (χ1n) is 7.73. The van der Waals surface area contributed by atoms with Crippen LogP contribution in [0.4, 0.5) is 0 Å². The molecule has 0 atom stereocenters. The van der Waals surface area contributed by atoms with E-state index < -0.39 is 0 Å². The molecule has 0 amide bonds. The number of aromatic nitrogens is 6. The average molecular weight is 306 g/mol. The van der Waals surface area contributed by atoms with Crippen molar-refractivity contribution in [1.82, 2.24) is 29.5 Å². The van der Waals surface area contributed by atoms with E-state index in [9.17, 15) is 0 Å². The van der Waals surface area contributed by atoms with Gasteiger partial charge in [0.1, 0.15) is 0 Å². The van der Waals surface area contributed by atoms with Crippen LogP contribution in [0.25, 0.3) is 23.4 Å². The lowest BCUT2D eigenvalue weighted by molar-refractivity contribution is 0.758. The first-order chi connectivity index (χ1) is 11.2. The molecule has 0 radical (unpaired) electrons. The van der Waals surface area contributed by atoms with E-state index in [0.29, 0.717) is 11.7 Å². The van der Waals surface area contributed by atoms with E-state index in [2.05, 4.69) is 26.2 Å². The van der Waals surface area contributed by atoms with E-state index in [0.717, 1.165) is 17.0 Å². The molecule has 3 aromatic heterocycles. The predicted octanol–water partition coefficient (Wildman–Crippen LogP) is 2.66. The highest BCUT2D eigenvalue weighted by Crippen LogP contribution is 2.41. The summed E-state index contributed by atoms with van der Waals surface area (Å²) in [6.45, 7) is 0. The minimum absolute atomic E-state index is 0.672. The van der Waals surface area contributed by atoms with Crippen molar-refractivity contribution in [2.24, 2.45) is 14.1 Å². The Bertz CT molecular complexity index is 869. The second-order valence-corrected chi connectivity index (χ2v) is 5.92. The van der Waals surface area contributed by atoms with Gasteiger partial charge in [-0.25, -0.2) is 9.97 Å². The lowest BCUT2D eigenvalue weighted by atomic mass is 10.1. The van der Waals surface area contributed by atoms with Crippen LogP contribution >= 0.6 is 0 Å². The molecule has 23 heavy (non-hydrogen) atoms. The highest BCUT2D eigenvalue weighted by atomic mass is 15.3. The third-order valence-electron chi connectivity index (χ3n) is 4.10. The molecule has 1 aliphatic carbocycles. The summed E-state index contributed by atoms with van der Waals surface area (Å²) >= 11 is 0. The summed E-state index contributed by atoms with van der Waals surface area (Å²) in [5.41, 5.74) is 4.33. The SMILES string of the molecule is Cn1cc(-c2ccnc(/C=C/c3c(C4CC4)cnn3C)n2)cn1. The van der Waals surface area contributed by atoms with Gasteiger partial charge in [-0.15, -0.1) is 0 Å². The van der Waals surface area contributed by atoms with Crippen LogP contribution in [-0.4, -0.2) is 29.5 Å². The van der Waals surface area contributed by atoms with Crippen LogP contribution in [0.15, 0.2) is 30.9 Å². The lowest BCUT2D eigenvalue weighted by Crippen LogP contribution is -1.95. The molecule has 3 aromatic rings. The first kappa shape index (κ1) is 13.9. The summed E-state index contributed by atoms with van der Waals surface area (Å²) in [4.78, 5) is 8.93. The zero-order valence-corrected chi connectivity index (χ0v) is 13.2. The Labute approximate surface area is 134 Å². The molecule has 1 saturated carbocycles. The maximum atomic E-state index is 4.59. The second kappa shape index (κ2) is 5.46. The molecule has 0 spiro atoms. The van der Waals surface area contributed by atoms with Crippen molar-refractivity contribution in [3.05, 3.63) is 47.9 Å². The highest BCUT2D eigenvalue weighted by Gasteiger charge is 2.27. The van der Waals surface area contributed by atoms with Crippen LogP contribution < -0.4 is 0 Å². The summed E-state index contributed by atoms with van der Waals surface area (Å²) in [5.74, 6) is 1.36. The Hall–Kier alpha value is -2.76. The minimum Gasteiger partial charge on any atom is -0.275 e. The Balaban J connectivity index is 1.63. The standard InChI is InChI=1S/C17H18N6/c1-22-11-13(9-19-22)15-7-8-18-17(21-15)6-5-16-14(12-3-4-12)10-20-23(16)2/h5-12H,3-4H2,1-2H3/b6-5+. The molecule has 0 unspecified atom stereocenters. The normalized spacial score (nSPS) is 14.7. The smallest absolute Gasteiger partial charge is 0.152 e. The molecule has 4 rings (SSSR count). The quantitative estimate of drug-likeness (QED) is 0.743. The Morgan fingerprint density at radius 3 is 2.74 bits per heavy atom. The van der Waals surface area contributed by atoms with Gasteiger partial charge >= 0.3 is 0 Å². The third kappa shape index (κ3) is 2.79. The van der Waals surface area contributed by atoms with Crippen LogP contribution in [0.5, 0.6) is 0 Å². The lowest BCUT2D eigenvalue weighted by Gasteiger charge is -2.00. The van der Waals surface area contributed by atoms with Crippen molar-refractivity contribution in [3.8, 4) is 11.3 Å². The van der Waals surface area contributed by atoms with Crippen molar-refractivity contribution in [1.29, 1.82) is 0 Å². The zero-order valence-electron chi connectivity index (χ0n) is 13.2. The van der Waals surface area contributed by atoms with Gasteiger partial charge in [0.25, 0.3) is 0 Å². The van der Waals surface area contributed by atoms with Crippen LogP contribution in [0, 0.1) is 0 Å². The number of hydrogen-bond donors (Lipinski definition) is 0. The maximum Gasteiger partial charge on any atom is 0.152 e. The van der Waals surface area contributed by atoms with Gasteiger partial charge in [0.2, 0.25) is 0 Å². The molecule has 0 aliphatic heterocycles. The number of aryl methyl sites for hydroxylation is 2. The van der Waals surface area contributed by atoms with Crippen LogP contribution in [0.1, 0.15) is 35.8 Å². The molecule has 0 bridgehead atoms. The van der Waals surface area contributed by atoms with Gasteiger partial charge in [-0.3, -0.25) is 9.36 Å². The van der Waals surface area contributed by atoms with E-state index in [4.69, 9.17) is 0 Å². The van der Waals surface area contributed by atoms with Gasteiger partial charge in [0.05, 0.1) is 23.8 Å². The van der Waals surface area contributed by atoms with Crippen LogP contribution in [-0.2, 0) is 14.1 Å². The number of rotatable bonds is 4. The summed E-state index contributed by atoms with van der Waals surface area (Å²) in [6.07, 6.45) is 14.0. The van der Waals surface area contributed by atoms with E-state index in [1.54, 1.807) is 10.9 Å². The Kier molecular flexibility index (Phi) is 3.29. The van der Waals surface area contributed by atoms with E-state index >= 15 is 0 Å². The average Bonchev–Trinajstić information content (AvgIpc) is 3.20. The summed E-state index contributed by atoms with van der Waals surface area (Å²) in [7, 11) is 3.87. The first-order valence-corrected chi connectivity index (χ1v) is 7.73. The van der Waals surface area contributed by atoms with Crippen molar-refractivity contribution < 1.29 is 0 Å². The third-order valence-corrected chi connectivity index (χ3v) is 4.10. The van der Waals surface area contributed by atoms with Gasteiger partial charge < -0.3 is 0 Å². The van der Waals surface area contributed by atoms with Crippen LogP contribution in [0.2, 0.25) is 0 Å². The van der Waals surface area contributed by atoms with Crippen molar-refractivity contribution in [2.75, 3.05) is 0 Å². The fourth-order valence-electron chi connectivity index (χ4n) is 2.70. The summed E-state index contributed by atoms with van der Waals surface area (Å²) < 4.78 is 3.68. The maximum absolute atomic E-state index is 4.59. The van der Waals surface area contributed by atoms with E-state index in [-0.39, 0.29) is 0 Å². The summed E-state index contributed by atoms with van der Waals surface area (Å²) in [5, 5.41) is 8.56. The van der Waals surface area contributed by atoms with Gasteiger partial charge in [0, 0.05) is 37.6 Å². The zero-order chi connectivity index (χ0) is 15.8. The molecule has 6 heteroatoms. The topological polar surface area (TPSA) is 61.4 Å². The molecule has 1 fully saturated rings. The van der Waals surface area contributed by atoms with Gasteiger partial charge in [-0.2, -0.15) is 10.2 Å². The molecular formula is C17H18N6. The molecule has 6 nitrogen and oxygen atoms in total. The monoisotopic (exact) mass is 306 g/mol. The molecular weight excluding hydrogens is 288 g/mol. The molecule has 1 aliphatic rings. The minimum atomic E-state index is 0.672.